The number of hydrogen-bond acceptors (Lipinski definition) is 1. The maximum absolute atomic E-state index is 3.43. The zero-order chi connectivity index (χ0) is 10.5. The molecule has 0 atom stereocenters. The van der Waals surface area contributed by atoms with Crippen molar-refractivity contribution in [2.45, 2.75) is 13.0 Å². The normalized spacial score (nSPS) is 10.7. The predicted octanol–water partition coefficient (Wildman–Crippen LogP) is 1.69. The minimum atomic E-state index is 0.938. The minimum Gasteiger partial charge on any atom is -0.367 e. The molecule has 2 rings (SSSR count). The number of rotatable bonds is 5. The minimum absolute atomic E-state index is 0.938. The highest BCUT2D eigenvalue weighted by Gasteiger charge is 1.96. The first-order valence-corrected chi connectivity index (χ1v) is 5.29. The summed E-state index contributed by atoms with van der Waals surface area (Å²) in [7, 11) is 2.07. The molecular weight excluding hydrogens is 186 g/mol. The second-order valence-electron chi connectivity index (χ2n) is 3.76. The van der Waals surface area contributed by atoms with E-state index in [-0.39, 0.29) is 0 Å². The number of aryl methyl sites for hydroxylation is 1. The number of hydrogen-bond donors (Lipinski definition) is 2. The van der Waals surface area contributed by atoms with E-state index in [2.05, 4.69) is 46.3 Å². The smallest absolute Gasteiger partial charge is 0.0359 e. The van der Waals surface area contributed by atoms with E-state index in [1.807, 2.05) is 12.4 Å². The fourth-order valence-electron chi connectivity index (χ4n) is 1.64. The molecule has 3 nitrogen and oxygen atoms in total. The molecule has 0 aliphatic carbocycles. The number of H-pyrrole nitrogens is 1. The summed E-state index contributed by atoms with van der Waals surface area (Å²) in [5, 5.41) is 3.43. The summed E-state index contributed by atoms with van der Waals surface area (Å²) in [4.78, 5) is 3.06. The van der Waals surface area contributed by atoms with E-state index in [0.717, 1.165) is 19.5 Å². The highest BCUT2D eigenvalue weighted by Crippen LogP contribution is 1.99. The van der Waals surface area contributed by atoms with Crippen molar-refractivity contribution in [3.63, 3.8) is 0 Å². The third-order valence-electron chi connectivity index (χ3n) is 2.61. The van der Waals surface area contributed by atoms with Crippen LogP contribution in [0.15, 0.2) is 36.8 Å². The average molecular weight is 203 g/mol. The van der Waals surface area contributed by atoms with Gasteiger partial charge in [-0.15, -0.1) is 0 Å². The lowest BCUT2D eigenvalue weighted by molar-refractivity contribution is 0.653. The Bertz CT molecular complexity index is 387. The van der Waals surface area contributed by atoms with Crippen LogP contribution < -0.4 is 5.32 Å². The van der Waals surface area contributed by atoms with Crippen molar-refractivity contribution < 1.29 is 0 Å². The van der Waals surface area contributed by atoms with Crippen molar-refractivity contribution in [2.75, 3.05) is 6.54 Å². The summed E-state index contributed by atoms with van der Waals surface area (Å²) in [5.74, 6) is 0. The van der Waals surface area contributed by atoms with Crippen molar-refractivity contribution in [2.24, 2.45) is 7.05 Å². The molecule has 0 saturated heterocycles. The third-order valence-corrected chi connectivity index (χ3v) is 2.61. The van der Waals surface area contributed by atoms with Gasteiger partial charge in [-0.3, -0.25) is 0 Å². The molecule has 2 heterocycles. The molecule has 0 unspecified atom stereocenters. The Labute approximate surface area is 90.1 Å². The largest absolute Gasteiger partial charge is 0.367 e. The maximum Gasteiger partial charge on any atom is 0.0359 e. The number of aromatic nitrogens is 2. The predicted molar refractivity (Wildman–Crippen MR) is 61.6 cm³/mol. The Balaban J connectivity index is 1.70. The molecule has 0 aliphatic heterocycles. The van der Waals surface area contributed by atoms with Gasteiger partial charge in [0, 0.05) is 37.9 Å². The molecule has 80 valence electrons. The van der Waals surface area contributed by atoms with E-state index in [1.54, 1.807) is 0 Å². The molecule has 2 N–H and O–H groups in total. The highest BCUT2D eigenvalue weighted by atomic mass is 15.0. The van der Waals surface area contributed by atoms with Crippen LogP contribution in [0.1, 0.15) is 11.3 Å². The van der Waals surface area contributed by atoms with Crippen LogP contribution in [0, 0.1) is 0 Å². The van der Waals surface area contributed by atoms with Gasteiger partial charge in [0.15, 0.2) is 0 Å². The molecular formula is C12H17N3. The molecule has 0 bridgehead atoms. The van der Waals surface area contributed by atoms with Gasteiger partial charge in [-0.05, 0) is 36.7 Å². The van der Waals surface area contributed by atoms with Crippen molar-refractivity contribution in [1.29, 1.82) is 0 Å². The first kappa shape index (κ1) is 10.1. The Morgan fingerprint density at radius 3 is 3.00 bits per heavy atom. The van der Waals surface area contributed by atoms with Crippen LogP contribution in [0.25, 0.3) is 0 Å². The Hall–Kier alpha value is -1.48. The van der Waals surface area contributed by atoms with Gasteiger partial charge >= 0.3 is 0 Å². The monoisotopic (exact) mass is 203 g/mol. The highest BCUT2D eigenvalue weighted by molar-refractivity contribution is 5.09. The lowest BCUT2D eigenvalue weighted by atomic mass is 10.2. The third kappa shape index (κ3) is 2.73. The van der Waals surface area contributed by atoms with Crippen LogP contribution in [0.3, 0.4) is 0 Å². The van der Waals surface area contributed by atoms with Crippen LogP contribution >= 0.6 is 0 Å². The first-order chi connectivity index (χ1) is 7.36. The fourth-order valence-corrected chi connectivity index (χ4v) is 1.64. The molecule has 0 saturated carbocycles. The molecule has 3 heteroatoms. The Morgan fingerprint density at radius 1 is 1.40 bits per heavy atom. The molecule has 0 aliphatic rings. The maximum atomic E-state index is 3.43. The lowest BCUT2D eigenvalue weighted by Crippen LogP contribution is -2.18. The molecule has 0 amide bonds. The summed E-state index contributed by atoms with van der Waals surface area (Å²) in [6.07, 6.45) is 7.16. The summed E-state index contributed by atoms with van der Waals surface area (Å²) in [6, 6.07) is 6.33. The van der Waals surface area contributed by atoms with Crippen LogP contribution in [0.5, 0.6) is 0 Å². The van der Waals surface area contributed by atoms with Crippen molar-refractivity contribution in [1.82, 2.24) is 14.9 Å². The number of aromatic amines is 1. The average Bonchev–Trinajstić information content (AvgIpc) is 2.85. The standard InChI is InChI=1S/C12H17N3/c1-15-8-2-3-12(15)10-14-7-5-11-4-6-13-9-11/h2-4,6,8-9,13-14H,5,7,10H2,1H3. The van der Waals surface area contributed by atoms with Crippen molar-refractivity contribution in [3.8, 4) is 0 Å². The van der Waals surface area contributed by atoms with Gasteiger partial charge in [0.25, 0.3) is 0 Å². The van der Waals surface area contributed by atoms with Crippen LogP contribution in [-0.2, 0) is 20.0 Å². The van der Waals surface area contributed by atoms with Crippen LogP contribution in [0.4, 0.5) is 0 Å². The zero-order valence-corrected chi connectivity index (χ0v) is 9.03. The summed E-state index contributed by atoms with van der Waals surface area (Å²) in [5.41, 5.74) is 2.68. The number of nitrogens with zero attached hydrogens (tertiary/aromatic N) is 1. The zero-order valence-electron chi connectivity index (χ0n) is 9.03. The Kier molecular flexibility index (Phi) is 3.25. The SMILES string of the molecule is Cn1cccc1CNCCc1cc[nH]c1. The fraction of sp³-hybridized carbons (Fsp3) is 0.333. The van der Waals surface area contributed by atoms with Gasteiger partial charge < -0.3 is 14.9 Å². The molecule has 2 aromatic heterocycles. The quantitative estimate of drug-likeness (QED) is 0.712. The lowest BCUT2D eigenvalue weighted by Gasteiger charge is -2.05. The van der Waals surface area contributed by atoms with Gasteiger partial charge in [0.1, 0.15) is 0 Å². The first-order valence-electron chi connectivity index (χ1n) is 5.29. The molecule has 0 radical (unpaired) electrons. The van der Waals surface area contributed by atoms with Gasteiger partial charge in [-0.25, -0.2) is 0 Å². The summed E-state index contributed by atoms with van der Waals surface area (Å²) >= 11 is 0. The second kappa shape index (κ2) is 4.84. The van der Waals surface area contributed by atoms with Crippen LogP contribution in [0.2, 0.25) is 0 Å². The molecule has 0 spiro atoms. The second-order valence-corrected chi connectivity index (χ2v) is 3.76. The van der Waals surface area contributed by atoms with E-state index < -0.39 is 0 Å². The van der Waals surface area contributed by atoms with Crippen LogP contribution in [-0.4, -0.2) is 16.1 Å². The van der Waals surface area contributed by atoms with E-state index in [0.29, 0.717) is 0 Å². The molecule has 15 heavy (non-hydrogen) atoms. The van der Waals surface area contributed by atoms with Gasteiger partial charge in [-0.1, -0.05) is 0 Å². The molecule has 0 fully saturated rings. The summed E-state index contributed by atoms with van der Waals surface area (Å²) in [6.45, 7) is 1.96. The van der Waals surface area contributed by atoms with E-state index in [9.17, 15) is 0 Å². The topological polar surface area (TPSA) is 32.8 Å². The molecule has 0 aromatic carbocycles. The van der Waals surface area contributed by atoms with Gasteiger partial charge in [-0.2, -0.15) is 0 Å². The summed E-state index contributed by atoms with van der Waals surface area (Å²) < 4.78 is 2.14. The van der Waals surface area contributed by atoms with Crippen molar-refractivity contribution in [3.05, 3.63) is 48.0 Å². The van der Waals surface area contributed by atoms with E-state index in [4.69, 9.17) is 0 Å². The molecule has 2 aromatic rings. The van der Waals surface area contributed by atoms with E-state index >= 15 is 0 Å². The van der Waals surface area contributed by atoms with E-state index in [1.165, 1.54) is 11.3 Å². The van der Waals surface area contributed by atoms with Gasteiger partial charge in [0.05, 0.1) is 0 Å². The number of nitrogens with one attached hydrogen (secondary N) is 2. The van der Waals surface area contributed by atoms with Gasteiger partial charge in [0.2, 0.25) is 0 Å². The Morgan fingerprint density at radius 2 is 2.33 bits per heavy atom. The van der Waals surface area contributed by atoms with Crippen molar-refractivity contribution >= 4 is 0 Å².